The summed E-state index contributed by atoms with van der Waals surface area (Å²) in [5, 5.41) is 16.4. The van der Waals surface area contributed by atoms with Gasteiger partial charge in [-0.1, -0.05) is 0 Å². The van der Waals surface area contributed by atoms with Crippen molar-refractivity contribution >= 4 is 27.8 Å². The van der Waals surface area contributed by atoms with Gasteiger partial charge >= 0.3 is 6.03 Å². The average Bonchev–Trinajstić information content (AvgIpc) is 2.08. The maximum Gasteiger partial charge on any atom is 0.406 e. The zero-order valence-electron chi connectivity index (χ0n) is 8.45. The molecule has 0 aromatic carbocycles. The van der Waals surface area contributed by atoms with Gasteiger partial charge in [-0.2, -0.15) is 5.32 Å². The van der Waals surface area contributed by atoms with Crippen LogP contribution in [0.3, 0.4) is 0 Å². The van der Waals surface area contributed by atoms with Crippen LogP contribution in [0.4, 0.5) is 10.6 Å². The van der Waals surface area contributed by atoms with Gasteiger partial charge in [0.15, 0.2) is 0 Å². The number of hydrogen-bond acceptors (Lipinski definition) is 2. The van der Waals surface area contributed by atoms with Crippen molar-refractivity contribution in [3.63, 3.8) is 0 Å². The largest absolute Gasteiger partial charge is 0.711 e. The van der Waals surface area contributed by atoms with Crippen molar-refractivity contribution in [2.45, 2.75) is 19.9 Å². The Hall–Kier alpha value is -1.30. The summed E-state index contributed by atoms with van der Waals surface area (Å²) in [6.45, 7) is 3.68. The van der Waals surface area contributed by atoms with Crippen LogP contribution in [0.25, 0.3) is 0 Å². The van der Waals surface area contributed by atoms with E-state index < -0.39 is 6.03 Å². The first kappa shape index (κ1) is 11.8. The number of halogens is 1. The van der Waals surface area contributed by atoms with Crippen molar-refractivity contribution in [2.24, 2.45) is 0 Å². The molecule has 0 saturated carbocycles. The molecule has 5 nitrogen and oxygen atoms in total. The van der Waals surface area contributed by atoms with Crippen LogP contribution >= 0.6 is 15.9 Å². The highest BCUT2D eigenvalue weighted by Gasteiger charge is 2.11. The van der Waals surface area contributed by atoms with Crippen molar-refractivity contribution < 1.29 is 9.52 Å². The lowest BCUT2D eigenvalue weighted by molar-refractivity contribution is -0.590. The second-order valence-electron chi connectivity index (χ2n) is 3.31. The SMILES string of the molecule is CC(C)NC(=O)Nc1ccc(Br)c[n+]1[O-]. The number of rotatable bonds is 2. The monoisotopic (exact) mass is 273 g/mol. The van der Waals surface area contributed by atoms with Crippen molar-refractivity contribution in [1.29, 1.82) is 0 Å². The van der Waals surface area contributed by atoms with Gasteiger partial charge in [-0.05, 0) is 35.8 Å². The third-order valence-corrected chi connectivity index (χ3v) is 2.01. The Morgan fingerprint density at radius 1 is 1.53 bits per heavy atom. The Morgan fingerprint density at radius 2 is 2.20 bits per heavy atom. The molecule has 82 valence electrons. The van der Waals surface area contributed by atoms with Gasteiger partial charge in [-0.25, -0.2) is 9.52 Å². The molecule has 2 amide bonds. The van der Waals surface area contributed by atoms with Crippen LogP contribution in [0.2, 0.25) is 0 Å². The van der Waals surface area contributed by atoms with Gasteiger partial charge in [0, 0.05) is 12.1 Å². The lowest BCUT2D eigenvalue weighted by Crippen LogP contribution is -2.39. The third-order valence-electron chi connectivity index (χ3n) is 1.54. The van der Waals surface area contributed by atoms with E-state index in [4.69, 9.17) is 0 Å². The van der Waals surface area contributed by atoms with Crippen LogP contribution in [0.1, 0.15) is 13.8 Å². The number of urea groups is 1. The molecule has 0 atom stereocenters. The summed E-state index contributed by atoms with van der Waals surface area (Å²) in [5.41, 5.74) is 0. The zero-order valence-corrected chi connectivity index (χ0v) is 10.0. The van der Waals surface area contributed by atoms with E-state index >= 15 is 0 Å². The predicted molar refractivity (Wildman–Crippen MR) is 60.4 cm³/mol. The van der Waals surface area contributed by atoms with Crippen molar-refractivity contribution in [2.75, 3.05) is 5.32 Å². The minimum Gasteiger partial charge on any atom is -0.711 e. The molecule has 0 aliphatic carbocycles. The Balaban J connectivity index is 2.68. The Bertz CT molecular complexity index is 368. The standard InChI is InChI=1S/C9H12BrN3O2/c1-6(2)11-9(14)12-8-4-3-7(10)5-13(8)15/h3-6H,1-2H3,(H2,11,12,14). The van der Waals surface area contributed by atoms with Crippen LogP contribution in [0.15, 0.2) is 22.8 Å². The highest BCUT2D eigenvalue weighted by molar-refractivity contribution is 9.10. The van der Waals surface area contributed by atoms with Gasteiger partial charge < -0.3 is 10.5 Å². The summed E-state index contributed by atoms with van der Waals surface area (Å²) in [4.78, 5) is 11.3. The first-order valence-corrected chi connectivity index (χ1v) is 5.24. The molecule has 15 heavy (non-hydrogen) atoms. The second kappa shape index (κ2) is 4.97. The van der Waals surface area contributed by atoms with Gasteiger partial charge in [-0.15, -0.1) is 0 Å². The highest BCUT2D eigenvalue weighted by Crippen LogP contribution is 2.08. The molecule has 2 N–H and O–H groups in total. The van der Waals surface area contributed by atoms with E-state index in [-0.39, 0.29) is 11.9 Å². The number of aromatic nitrogens is 1. The third kappa shape index (κ3) is 3.75. The first-order chi connectivity index (χ1) is 6.99. The number of carbonyl (C=O) groups is 1. The van der Waals surface area contributed by atoms with E-state index in [1.165, 1.54) is 12.3 Å². The quantitative estimate of drug-likeness (QED) is 0.635. The van der Waals surface area contributed by atoms with E-state index in [0.717, 1.165) is 0 Å². The average molecular weight is 274 g/mol. The van der Waals surface area contributed by atoms with Gasteiger partial charge in [0.05, 0.1) is 4.47 Å². The van der Waals surface area contributed by atoms with Crippen molar-refractivity contribution in [3.8, 4) is 0 Å². The highest BCUT2D eigenvalue weighted by atomic mass is 79.9. The zero-order chi connectivity index (χ0) is 11.4. The minimum atomic E-state index is -0.392. The first-order valence-electron chi connectivity index (χ1n) is 4.45. The molecule has 0 aliphatic rings. The van der Waals surface area contributed by atoms with Crippen LogP contribution in [-0.2, 0) is 0 Å². The number of amides is 2. The lowest BCUT2D eigenvalue weighted by Gasteiger charge is -2.09. The van der Waals surface area contributed by atoms with E-state index in [1.807, 2.05) is 13.8 Å². The summed E-state index contributed by atoms with van der Waals surface area (Å²) < 4.78 is 1.25. The molecule has 0 bridgehead atoms. The van der Waals surface area contributed by atoms with E-state index in [9.17, 15) is 10.0 Å². The number of pyridine rings is 1. The molecule has 0 saturated heterocycles. The molecular formula is C9H12BrN3O2. The van der Waals surface area contributed by atoms with Crippen LogP contribution in [-0.4, -0.2) is 12.1 Å². The van der Waals surface area contributed by atoms with Crippen molar-refractivity contribution in [1.82, 2.24) is 5.32 Å². The van der Waals surface area contributed by atoms with E-state index in [2.05, 4.69) is 26.6 Å². The molecule has 1 aromatic heterocycles. The number of nitrogens with one attached hydrogen (secondary N) is 2. The van der Waals surface area contributed by atoms with Gasteiger partial charge in [0.1, 0.15) is 6.20 Å². The van der Waals surface area contributed by atoms with Crippen LogP contribution < -0.4 is 15.4 Å². The second-order valence-corrected chi connectivity index (χ2v) is 4.23. The maximum atomic E-state index is 11.3. The molecule has 1 heterocycles. The molecule has 0 radical (unpaired) electrons. The number of nitrogens with zero attached hydrogens (tertiary/aromatic N) is 1. The topological polar surface area (TPSA) is 68.1 Å². The normalized spacial score (nSPS) is 10.1. The van der Waals surface area contributed by atoms with Crippen LogP contribution in [0.5, 0.6) is 0 Å². The molecule has 0 unspecified atom stereocenters. The molecule has 6 heteroatoms. The van der Waals surface area contributed by atoms with E-state index in [0.29, 0.717) is 9.20 Å². The number of carbonyl (C=O) groups excluding carboxylic acids is 1. The lowest BCUT2D eigenvalue weighted by atomic mass is 10.4. The molecule has 0 fully saturated rings. The fourth-order valence-corrected chi connectivity index (χ4v) is 1.29. The molecule has 0 aliphatic heterocycles. The Morgan fingerprint density at radius 3 is 2.73 bits per heavy atom. The summed E-state index contributed by atoms with van der Waals surface area (Å²) >= 11 is 3.15. The predicted octanol–water partition coefficient (Wildman–Crippen LogP) is 1.61. The molecular weight excluding hydrogens is 262 g/mol. The summed E-state index contributed by atoms with van der Waals surface area (Å²) in [6, 6.07) is 2.84. The van der Waals surface area contributed by atoms with Gasteiger partial charge in [0.25, 0.3) is 5.82 Å². The summed E-state index contributed by atoms with van der Waals surface area (Å²) in [7, 11) is 0. The molecule has 1 rings (SSSR count). The summed E-state index contributed by atoms with van der Waals surface area (Å²) in [5.74, 6) is 0.191. The van der Waals surface area contributed by atoms with Gasteiger partial charge in [0.2, 0.25) is 0 Å². The molecule has 1 aromatic rings. The fourth-order valence-electron chi connectivity index (χ4n) is 0.968. The fraction of sp³-hybridized carbons (Fsp3) is 0.333. The van der Waals surface area contributed by atoms with E-state index in [1.54, 1.807) is 6.07 Å². The number of hydrogen-bond donors (Lipinski definition) is 2. The van der Waals surface area contributed by atoms with Crippen molar-refractivity contribution in [3.05, 3.63) is 28.0 Å². The molecule has 0 spiro atoms. The van der Waals surface area contributed by atoms with Gasteiger partial charge in [-0.3, -0.25) is 0 Å². The number of anilines is 1. The summed E-state index contributed by atoms with van der Waals surface area (Å²) in [6.07, 6.45) is 1.32. The van der Waals surface area contributed by atoms with Crippen LogP contribution in [0, 0.1) is 5.21 Å². The smallest absolute Gasteiger partial charge is 0.406 e. The minimum absolute atomic E-state index is 0.0283. The Labute approximate surface area is 96.2 Å². The maximum absolute atomic E-state index is 11.3. The Kier molecular flexibility index (Phi) is 3.90.